The van der Waals surface area contributed by atoms with Crippen LogP contribution >= 0.6 is 0 Å². The summed E-state index contributed by atoms with van der Waals surface area (Å²) in [6.45, 7) is 6.36. The van der Waals surface area contributed by atoms with Gasteiger partial charge in [-0.15, -0.1) is 0 Å². The van der Waals surface area contributed by atoms with Gasteiger partial charge in [0.2, 0.25) is 0 Å². The zero-order chi connectivity index (χ0) is 12.6. The van der Waals surface area contributed by atoms with E-state index in [4.69, 9.17) is 10.8 Å². The molecule has 0 saturated carbocycles. The molecule has 0 aromatic carbocycles. The van der Waals surface area contributed by atoms with Crippen molar-refractivity contribution in [1.29, 1.82) is 0 Å². The van der Waals surface area contributed by atoms with Gasteiger partial charge in [-0.3, -0.25) is 0 Å². The summed E-state index contributed by atoms with van der Waals surface area (Å²) in [6.07, 6.45) is 3.81. The third-order valence-electron chi connectivity index (χ3n) is 2.85. The monoisotopic (exact) mass is 233 g/mol. The standard InChI is InChI=1S/C13H19N3O/c1-13(2,3)12-15-7-10-6-9(11(14)8-17)4-5-16(10)12/h4-7,11,17H,8,14H2,1-3H3. The van der Waals surface area contributed by atoms with Crippen LogP contribution in [0.25, 0.3) is 5.52 Å². The van der Waals surface area contributed by atoms with E-state index < -0.39 is 0 Å². The molecule has 4 nitrogen and oxygen atoms in total. The highest BCUT2D eigenvalue weighted by Gasteiger charge is 2.19. The second-order valence-corrected chi connectivity index (χ2v) is 5.38. The molecule has 92 valence electrons. The molecule has 3 N–H and O–H groups in total. The Balaban J connectivity index is 2.52. The van der Waals surface area contributed by atoms with E-state index in [1.165, 1.54) is 0 Å². The lowest BCUT2D eigenvalue weighted by molar-refractivity contribution is 0.268. The average molecular weight is 233 g/mol. The Morgan fingerprint density at radius 1 is 1.47 bits per heavy atom. The third-order valence-corrected chi connectivity index (χ3v) is 2.85. The second-order valence-electron chi connectivity index (χ2n) is 5.38. The molecule has 2 rings (SSSR count). The zero-order valence-electron chi connectivity index (χ0n) is 10.5. The zero-order valence-corrected chi connectivity index (χ0v) is 10.5. The van der Waals surface area contributed by atoms with Gasteiger partial charge >= 0.3 is 0 Å². The Morgan fingerprint density at radius 2 is 2.18 bits per heavy atom. The van der Waals surface area contributed by atoms with Gasteiger partial charge in [0.25, 0.3) is 0 Å². The van der Waals surface area contributed by atoms with Crippen molar-refractivity contribution in [3.63, 3.8) is 0 Å². The minimum atomic E-state index is -0.326. The van der Waals surface area contributed by atoms with Crippen LogP contribution in [0.3, 0.4) is 0 Å². The molecule has 2 aromatic heterocycles. The highest BCUT2D eigenvalue weighted by Crippen LogP contribution is 2.23. The third kappa shape index (κ3) is 2.18. The van der Waals surface area contributed by atoms with Crippen molar-refractivity contribution in [3.05, 3.63) is 35.9 Å². The van der Waals surface area contributed by atoms with Crippen LogP contribution in [-0.4, -0.2) is 21.1 Å². The van der Waals surface area contributed by atoms with Crippen molar-refractivity contribution in [2.75, 3.05) is 6.61 Å². The van der Waals surface area contributed by atoms with Crippen LogP contribution in [0.2, 0.25) is 0 Å². The molecule has 0 spiro atoms. The van der Waals surface area contributed by atoms with Crippen molar-refractivity contribution in [1.82, 2.24) is 9.38 Å². The first-order valence-corrected chi connectivity index (χ1v) is 5.77. The lowest BCUT2D eigenvalue weighted by Crippen LogP contribution is -2.17. The van der Waals surface area contributed by atoms with Crippen LogP contribution in [0.4, 0.5) is 0 Å². The lowest BCUT2D eigenvalue weighted by Gasteiger charge is -2.17. The van der Waals surface area contributed by atoms with Gasteiger partial charge in [-0.25, -0.2) is 4.98 Å². The molecule has 0 fully saturated rings. The van der Waals surface area contributed by atoms with Crippen molar-refractivity contribution in [3.8, 4) is 0 Å². The highest BCUT2D eigenvalue weighted by molar-refractivity contribution is 5.49. The SMILES string of the molecule is CC(C)(C)c1ncc2cc(C(N)CO)ccn12. The molecular formula is C13H19N3O. The number of nitrogens with zero attached hydrogens (tertiary/aromatic N) is 2. The highest BCUT2D eigenvalue weighted by atomic mass is 16.3. The maximum atomic E-state index is 9.05. The van der Waals surface area contributed by atoms with E-state index in [0.29, 0.717) is 0 Å². The fourth-order valence-electron chi connectivity index (χ4n) is 1.91. The molecule has 0 bridgehead atoms. The maximum Gasteiger partial charge on any atom is 0.118 e. The van der Waals surface area contributed by atoms with E-state index in [0.717, 1.165) is 16.9 Å². The number of aromatic nitrogens is 2. The van der Waals surface area contributed by atoms with Crippen LogP contribution in [0.5, 0.6) is 0 Å². The minimum absolute atomic E-state index is 0.00697. The van der Waals surface area contributed by atoms with Crippen molar-refractivity contribution in [2.45, 2.75) is 32.2 Å². The van der Waals surface area contributed by atoms with E-state index in [9.17, 15) is 0 Å². The number of pyridine rings is 1. The van der Waals surface area contributed by atoms with Gasteiger partial charge in [0.15, 0.2) is 0 Å². The Morgan fingerprint density at radius 3 is 2.76 bits per heavy atom. The lowest BCUT2D eigenvalue weighted by atomic mass is 9.96. The molecule has 0 radical (unpaired) electrons. The van der Waals surface area contributed by atoms with Crippen LogP contribution in [0, 0.1) is 0 Å². The molecule has 0 saturated heterocycles. The topological polar surface area (TPSA) is 63.5 Å². The fourth-order valence-corrected chi connectivity index (χ4v) is 1.91. The Bertz CT molecular complexity index is 525. The first kappa shape index (κ1) is 12.1. The van der Waals surface area contributed by atoms with Crippen LogP contribution in [-0.2, 0) is 5.41 Å². The number of rotatable bonds is 2. The fraction of sp³-hybridized carbons (Fsp3) is 0.462. The van der Waals surface area contributed by atoms with Crippen LogP contribution < -0.4 is 5.73 Å². The minimum Gasteiger partial charge on any atom is -0.394 e. The summed E-state index contributed by atoms with van der Waals surface area (Å²) >= 11 is 0. The molecule has 2 aromatic rings. The molecule has 2 heterocycles. The first-order chi connectivity index (χ1) is 7.93. The van der Waals surface area contributed by atoms with Gasteiger partial charge in [0.1, 0.15) is 5.82 Å². The van der Waals surface area contributed by atoms with Crippen molar-refractivity contribution >= 4 is 5.52 Å². The number of hydrogen-bond donors (Lipinski definition) is 2. The summed E-state index contributed by atoms with van der Waals surface area (Å²) in [6, 6.07) is 3.58. The Hall–Kier alpha value is -1.39. The molecule has 4 heteroatoms. The van der Waals surface area contributed by atoms with E-state index >= 15 is 0 Å². The van der Waals surface area contributed by atoms with Crippen molar-refractivity contribution in [2.24, 2.45) is 5.73 Å². The molecule has 0 aliphatic carbocycles. The molecule has 0 aliphatic rings. The largest absolute Gasteiger partial charge is 0.394 e. The number of aliphatic hydroxyl groups excluding tert-OH is 1. The molecular weight excluding hydrogens is 214 g/mol. The van der Waals surface area contributed by atoms with Gasteiger partial charge in [-0.2, -0.15) is 0 Å². The van der Waals surface area contributed by atoms with Crippen LogP contribution in [0.1, 0.15) is 38.2 Å². The van der Waals surface area contributed by atoms with Crippen molar-refractivity contribution < 1.29 is 5.11 Å². The van der Waals surface area contributed by atoms with Gasteiger partial charge < -0.3 is 15.2 Å². The predicted octanol–water partition coefficient (Wildman–Crippen LogP) is 1.62. The molecule has 17 heavy (non-hydrogen) atoms. The van der Waals surface area contributed by atoms with Gasteiger partial charge in [0, 0.05) is 11.6 Å². The average Bonchev–Trinajstić information content (AvgIpc) is 2.70. The van der Waals surface area contributed by atoms with Crippen LogP contribution in [0.15, 0.2) is 24.5 Å². The number of hydrogen-bond acceptors (Lipinski definition) is 3. The van der Waals surface area contributed by atoms with E-state index in [1.54, 1.807) is 0 Å². The number of nitrogens with two attached hydrogens (primary N) is 1. The van der Waals surface area contributed by atoms with E-state index in [1.807, 2.05) is 24.5 Å². The summed E-state index contributed by atoms with van der Waals surface area (Å²) < 4.78 is 2.06. The number of fused-ring (bicyclic) bond motifs is 1. The molecule has 1 unspecified atom stereocenters. The molecule has 0 aliphatic heterocycles. The number of imidazole rings is 1. The molecule has 1 atom stereocenters. The second kappa shape index (κ2) is 4.13. The molecule has 0 amide bonds. The summed E-state index contributed by atoms with van der Waals surface area (Å²) in [4.78, 5) is 4.45. The summed E-state index contributed by atoms with van der Waals surface area (Å²) in [5, 5.41) is 9.05. The Kier molecular flexibility index (Phi) is 2.93. The summed E-state index contributed by atoms with van der Waals surface area (Å²) in [7, 11) is 0. The first-order valence-electron chi connectivity index (χ1n) is 5.77. The van der Waals surface area contributed by atoms with Gasteiger partial charge in [0.05, 0.1) is 24.4 Å². The smallest absolute Gasteiger partial charge is 0.118 e. The predicted molar refractivity (Wildman–Crippen MR) is 67.9 cm³/mol. The maximum absolute atomic E-state index is 9.05. The number of aliphatic hydroxyl groups is 1. The van der Waals surface area contributed by atoms with Gasteiger partial charge in [-0.05, 0) is 17.7 Å². The van der Waals surface area contributed by atoms with Gasteiger partial charge in [-0.1, -0.05) is 20.8 Å². The Labute approximate surface area is 101 Å². The normalized spacial score (nSPS) is 14.2. The summed E-state index contributed by atoms with van der Waals surface area (Å²) in [5.41, 5.74) is 7.75. The summed E-state index contributed by atoms with van der Waals surface area (Å²) in [5.74, 6) is 1.02. The van der Waals surface area contributed by atoms with E-state index in [-0.39, 0.29) is 18.1 Å². The quantitative estimate of drug-likeness (QED) is 0.828. The van der Waals surface area contributed by atoms with E-state index in [2.05, 4.69) is 30.2 Å².